The molecule has 60 valence electrons. The Balaban J connectivity index is 2.73. The molecule has 2 N–H and O–H groups in total. The number of nitrogens with two attached hydrogens (primary N) is 1. The summed E-state index contributed by atoms with van der Waals surface area (Å²) < 4.78 is 4.82. The number of amides is 1. The molecule has 4 nitrogen and oxygen atoms in total. The van der Waals surface area contributed by atoms with Crippen LogP contribution < -0.4 is 5.73 Å². The molecule has 0 aromatic carbocycles. The van der Waals surface area contributed by atoms with Gasteiger partial charge in [-0.3, -0.25) is 4.79 Å². The molecular formula is C7H10N2O2. The van der Waals surface area contributed by atoms with Gasteiger partial charge in [0.05, 0.1) is 0 Å². The Bertz CT molecular complexity index is 255. The molecule has 0 saturated heterocycles. The van der Waals surface area contributed by atoms with Crippen molar-refractivity contribution in [3.05, 3.63) is 17.5 Å². The van der Waals surface area contributed by atoms with E-state index in [4.69, 9.17) is 10.3 Å². The highest BCUT2D eigenvalue weighted by Crippen LogP contribution is 2.04. The minimum absolute atomic E-state index is 0.202. The molecule has 1 aromatic rings. The predicted octanol–water partition coefficient (Wildman–Crippen LogP) is 0.726. The zero-order valence-corrected chi connectivity index (χ0v) is 6.33. The maximum atomic E-state index is 10.5. The van der Waals surface area contributed by atoms with Gasteiger partial charge in [-0.15, -0.1) is 0 Å². The highest BCUT2D eigenvalue weighted by molar-refractivity contribution is 5.90. The Hall–Kier alpha value is -1.32. The summed E-state index contributed by atoms with van der Waals surface area (Å²) in [6.07, 6.45) is 1.76. The number of aromatic nitrogens is 1. The van der Waals surface area contributed by atoms with Gasteiger partial charge in [0.25, 0.3) is 5.91 Å². The van der Waals surface area contributed by atoms with Gasteiger partial charge in [-0.05, 0) is 6.42 Å². The molecule has 0 aliphatic heterocycles. The first-order valence-corrected chi connectivity index (χ1v) is 3.49. The molecule has 4 heteroatoms. The quantitative estimate of drug-likeness (QED) is 0.697. The number of rotatable bonds is 3. The molecule has 0 aliphatic rings. The van der Waals surface area contributed by atoms with Crippen LogP contribution in [0.3, 0.4) is 0 Å². The van der Waals surface area contributed by atoms with Crippen molar-refractivity contribution in [1.82, 2.24) is 5.16 Å². The Labute approximate surface area is 64.4 Å². The maximum absolute atomic E-state index is 10.5. The summed E-state index contributed by atoms with van der Waals surface area (Å²) in [5.74, 6) is 0.164. The van der Waals surface area contributed by atoms with E-state index in [1.807, 2.05) is 6.92 Å². The van der Waals surface area contributed by atoms with Gasteiger partial charge < -0.3 is 10.3 Å². The SMILES string of the molecule is CCCc1cc(C(N)=O)no1. The van der Waals surface area contributed by atoms with Gasteiger partial charge in [0.2, 0.25) is 0 Å². The third-order valence-corrected chi connectivity index (χ3v) is 1.31. The van der Waals surface area contributed by atoms with Crippen LogP contribution in [0.5, 0.6) is 0 Å². The van der Waals surface area contributed by atoms with Crippen LogP contribution in [-0.4, -0.2) is 11.1 Å². The molecule has 1 rings (SSSR count). The normalized spacial score (nSPS) is 9.91. The molecule has 1 aromatic heterocycles. The van der Waals surface area contributed by atoms with E-state index in [0.29, 0.717) is 5.76 Å². The van der Waals surface area contributed by atoms with Crippen molar-refractivity contribution < 1.29 is 9.32 Å². The Morgan fingerprint density at radius 1 is 1.82 bits per heavy atom. The summed E-state index contributed by atoms with van der Waals surface area (Å²) >= 11 is 0. The number of hydrogen-bond acceptors (Lipinski definition) is 3. The smallest absolute Gasteiger partial charge is 0.270 e. The molecule has 0 unspecified atom stereocenters. The number of aryl methyl sites for hydroxylation is 1. The maximum Gasteiger partial charge on any atom is 0.270 e. The molecule has 0 saturated carbocycles. The van der Waals surface area contributed by atoms with Gasteiger partial charge in [0.15, 0.2) is 5.69 Å². The number of carbonyl (C=O) groups is 1. The number of nitrogens with zero attached hydrogens (tertiary/aromatic N) is 1. The second-order valence-corrected chi connectivity index (χ2v) is 2.29. The van der Waals surface area contributed by atoms with Gasteiger partial charge in [-0.2, -0.15) is 0 Å². The lowest BCUT2D eigenvalue weighted by Crippen LogP contribution is -2.10. The Morgan fingerprint density at radius 3 is 3.00 bits per heavy atom. The summed E-state index contributed by atoms with van der Waals surface area (Å²) in [5, 5.41) is 3.48. The van der Waals surface area contributed by atoms with Crippen molar-refractivity contribution in [3.63, 3.8) is 0 Å². The van der Waals surface area contributed by atoms with Gasteiger partial charge in [0.1, 0.15) is 5.76 Å². The lowest BCUT2D eigenvalue weighted by Gasteiger charge is -1.83. The molecule has 0 spiro atoms. The first-order chi connectivity index (χ1) is 5.24. The average molecular weight is 154 g/mol. The van der Waals surface area contributed by atoms with Crippen molar-refractivity contribution in [3.8, 4) is 0 Å². The minimum Gasteiger partial charge on any atom is -0.364 e. The van der Waals surface area contributed by atoms with E-state index in [1.54, 1.807) is 6.07 Å². The molecular weight excluding hydrogens is 144 g/mol. The summed E-state index contributed by atoms with van der Waals surface area (Å²) in [7, 11) is 0. The summed E-state index contributed by atoms with van der Waals surface area (Å²) in [6.45, 7) is 2.02. The monoisotopic (exact) mass is 154 g/mol. The molecule has 0 aliphatic carbocycles. The molecule has 1 amide bonds. The summed E-state index contributed by atoms with van der Waals surface area (Å²) in [5.41, 5.74) is 5.16. The Kier molecular flexibility index (Phi) is 2.25. The third-order valence-electron chi connectivity index (χ3n) is 1.31. The summed E-state index contributed by atoms with van der Waals surface area (Å²) in [4.78, 5) is 10.5. The summed E-state index contributed by atoms with van der Waals surface area (Å²) in [6, 6.07) is 1.58. The molecule has 1 heterocycles. The molecule has 0 atom stereocenters. The molecule has 11 heavy (non-hydrogen) atoms. The lowest BCUT2D eigenvalue weighted by atomic mass is 10.2. The molecule has 0 bridgehead atoms. The fourth-order valence-corrected chi connectivity index (χ4v) is 0.793. The van der Waals surface area contributed by atoms with Crippen molar-refractivity contribution in [2.45, 2.75) is 19.8 Å². The van der Waals surface area contributed by atoms with Gasteiger partial charge in [-0.25, -0.2) is 0 Å². The lowest BCUT2D eigenvalue weighted by molar-refractivity contribution is 0.0991. The van der Waals surface area contributed by atoms with Crippen LogP contribution in [0, 0.1) is 0 Å². The fourth-order valence-electron chi connectivity index (χ4n) is 0.793. The van der Waals surface area contributed by atoms with E-state index in [-0.39, 0.29) is 5.69 Å². The van der Waals surface area contributed by atoms with Crippen LogP contribution in [0.2, 0.25) is 0 Å². The highest BCUT2D eigenvalue weighted by atomic mass is 16.5. The number of carbonyl (C=O) groups excluding carboxylic acids is 1. The van der Waals surface area contributed by atoms with E-state index in [2.05, 4.69) is 5.16 Å². The van der Waals surface area contributed by atoms with E-state index in [9.17, 15) is 4.79 Å². The fraction of sp³-hybridized carbons (Fsp3) is 0.429. The second kappa shape index (κ2) is 3.18. The van der Waals surface area contributed by atoms with Crippen LogP contribution in [-0.2, 0) is 6.42 Å². The molecule has 0 radical (unpaired) electrons. The van der Waals surface area contributed by atoms with Crippen LogP contribution in [0.25, 0.3) is 0 Å². The standard InChI is InChI=1S/C7H10N2O2/c1-2-3-5-4-6(7(8)10)9-11-5/h4H,2-3H2,1H3,(H2,8,10). The Morgan fingerprint density at radius 2 is 2.55 bits per heavy atom. The number of hydrogen-bond donors (Lipinski definition) is 1. The largest absolute Gasteiger partial charge is 0.364 e. The zero-order chi connectivity index (χ0) is 8.27. The predicted molar refractivity (Wildman–Crippen MR) is 39.0 cm³/mol. The van der Waals surface area contributed by atoms with E-state index in [0.717, 1.165) is 12.8 Å². The third kappa shape index (κ3) is 1.80. The minimum atomic E-state index is -0.545. The first-order valence-electron chi connectivity index (χ1n) is 3.49. The van der Waals surface area contributed by atoms with E-state index in [1.165, 1.54) is 0 Å². The number of primary amides is 1. The average Bonchev–Trinajstić information content (AvgIpc) is 2.37. The van der Waals surface area contributed by atoms with Gasteiger partial charge >= 0.3 is 0 Å². The highest BCUT2D eigenvalue weighted by Gasteiger charge is 2.06. The van der Waals surface area contributed by atoms with Crippen LogP contribution in [0.4, 0.5) is 0 Å². The van der Waals surface area contributed by atoms with E-state index >= 15 is 0 Å². The van der Waals surface area contributed by atoms with Crippen LogP contribution in [0.1, 0.15) is 29.6 Å². The topological polar surface area (TPSA) is 69.1 Å². The zero-order valence-electron chi connectivity index (χ0n) is 6.33. The molecule has 0 fully saturated rings. The van der Waals surface area contributed by atoms with Crippen molar-refractivity contribution in [2.75, 3.05) is 0 Å². The van der Waals surface area contributed by atoms with Crippen LogP contribution in [0.15, 0.2) is 10.6 Å². The van der Waals surface area contributed by atoms with E-state index < -0.39 is 5.91 Å². The van der Waals surface area contributed by atoms with Crippen molar-refractivity contribution >= 4 is 5.91 Å². The van der Waals surface area contributed by atoms with Crippen molar-refractivity contribution in [1.29, 1.82) is 0 Å². The van der Waals surface area contributed by atoms with Crippen molar-refractivity contribution in [2.24, 2.45) is 5.73 Å². The van der Waals surface area contributed by atoms with Gasteiger partial charge in [0, 0.05) is 12.5 Å². The first kappa shape index (κ1) is 7.78. The van der Waals surface area contributed by atoms with Gasteiger partial charge in [-0.1, -0.05) is 12.1 Å². The second-order valence-electron chi connectivity index (χ2n) is 2.29. The van der Waals surface area contributed by atoms with Crippen LogP contribution >= 0.6 is 0 Å².